The Morgan fingerprint density at radius 2 is 1.77 bits per heavy atom. The molecule has 1 fully saturated rings. The number of carbonyl (C=O) groups excluding carboxylic acids is 2. The number of aromatic nitrogens is 3. The van der Waals surface area contributed by atoms with E-state index in [1.165, 1.54) is 0 Å². The fraction of sp³-hybridized carbons (Fsp3) is 0.333. The van der Waals surface area contributed by atoms with Gasteiger partial charge in [0.05, 0.1) is 18.4 Å². The molecule has 2 amide bonds. The number of rotatable bonds is 7. The van der Waals surface area contributed by atoms with Gasteiger partial charge in [0.2, 0.25) is 5.95 Å². The molecule has 4 aromatic rings. The summed E-state index contributed by atoms with van der Waals surface area (Å²) < 4.78 is 7.58. The number of hydrogen-bond donors (Lipinski definition) is 4. The molecule has 6 rings (SSSR count). The van der Waals surface area contributed by atoms with Gasteiger partial charge >= 0.3 is 0 Å². The van der Waals surface area contributed by atoms with Crippen LogP contribution in [0.15, 0.2) is 54.9 Å². The molecule has 2 aromatic heterocycles. The number of para-hydroxylation sites is 1. The number of nitrogens with one attached hydrogen (secondary N) is 3. The number of ether oxygens (including phenoxy) is 1. The van der Waals surface area contributed by atoms with Gasteiger partial charge in [0, 0.05) is 47.0 Å². The van der Waals surface area contributed by atoms with Crippen LogP contribution in [0.1, 0.15) is 68.8 Å². The zero-order valence-corrected chi connectivity index (χ0v) is 24.7. The van der Waals surface area contributed by atoms with Gasteiger partial charge in [0.25, 0.3) is 11.8 Å². The standard InChI is InChI=1S/C33H37N7O3/c1-19-5-4-6-20(2)29(19)38-32(42)25-15-16-40-27(25)14-8-22-18-35-33(39-30(22)40)37-26-13-7-21(17-28(26)43-3)31(41)36-24-11-9-23(34)10-12-24/h4-7,13,15-18,23-24H,8-12,14,34H2,1-3H3,(H,36,41)(H,38,42)(H,35,37,39). The maximum atomic E-state index is 13.3. The van der Waals surface area contributed by atoms with Crippen molar-refractivity contribution in [2.24, 2.45) is 5.73 Å². The Kier molecular flexibility index (Phi) is 7.86. The SMILES string of the molecule is COc1cc(C(=O)NC2CCC(N)CC2)ccc1Nc1ncc2c(n1)-n1ccc(C(=O)Nc3c(C)cccc3C)c1CC2. The van der Waals surface area contributed by atoms with Crippen LogP contribution in [0.2, 0.25) is 0 Å². The van der Waals surface area contributed by atoms with Gasteiger partial charge in [0.1, 0.15) is 11.6 Å². The van der Waals surface area contributed by atoms with Crippen LogP contribution >= 0.6 is 0 Å². The van der Waals surface area contributed by atoms with Crippen molar-refractivity contribution < 1.29 is 14.3 Å². The third kappa shape index (κ3) is 5.83. The van der Waals surface area contributed by atoms with E-state index in [2.05, 4.69) is 20.9 Å². The van der Waals surface area contributed by atoms with Crippen molar-refractivity contribution in [1.29, 1.82) is 0 Å². The van der Waals surface area contributed by atoms with Crippen molar-refractivity contribution in [3.63, 3.8) is 0 Å². The van der Waals surface area contributed by atoms with E-state index in [1.807, 2.05) is 55.1 Å². The molecule has 43 heavy (non-hydrogen) atoms. The molecule has 2 aromatic carbocycles. The van der Waals surface area contributed by atoms with E-state index < -0.39 is 0 Å². The molecule has 0 unspecified atom stereocenters. The topological polar surface area (TPSA) is 136 Å². The van der Waals surface area contributed by atoms with Gasteiger partial charge in [-0.25, -0.2) is 4.98 Å². The number of aryl methyl sites for hydroxylation is 3. The summed E-state index contributed by atoms with van der Waals surface area (Å²) >= 11 is 0. The summed E-state index contributed by atoms with van der Waals surface area (Å²) in [5.41, 5.74) is 12.6. The predicted octanol–water partition coefficient (Wildman–Crippen LogP) is 4.99. The van der Waals surface area contributed by atoms with E-state index in [9.17, 15) is 9.59 Å². The van der Waals surface area contributed by atoms with E-state index in [4.69, 9.17) is 15.5 Å². The summed E-state index contributed by atoms with van der Waals surface area (Å²) in [4.78, 5) is 35.6. The highest BCUT2D eigenvalue weighted by Gasteiger charge is 2.25. The smallest absolute Gasteiger partial charge is 0.257 e. The molecule has 0 atom stereocenters. The van der Waals surface area contributed by atoms with E-state index in [0.717, 1.165) is 66.0 Å². The zero-order chi connectivity index (χ0) is 30.1. The Morgan fingerprint density at radius 1 is 1.00 bits per heavy atom. The van der Waals surface area contributed by atoms with Gasteiger partial charge in [-0.15, -0.1) is 0 Å². The largest absolute Gasteiger partial charge is 0.495 e. The number of anilines is 3. The molecule has 10 heteroatoms. The van der Waals surface area contributed by atoms with Gasteiger partial charge in [-0.05, 0) is 87.8 Å². The molecule has 2 aliphatic rings. The van der Waals surface area contributed by atoms with Crippen LogP contribution < -0.4 is 26.4 Å². The molecule has 5 N–H and O–H groups in total. The summed E-state index contributed by atoms with van der Waals surface area (Å²) in [5, 5.41) is 9.47. The lowest BCUT2D eigenvalue weighted by atomic mass is 9.91. The predicted molar refractivity (Wildman–Crippen MR) is 167 cm³/mol. The van der Waals surface area contributed by atoms with E-state index in [0.29, 0.717) is 34.9 Å². The Labute approximate surface area is 251 Å². The molecule has 0 spiro atoms. The molecule has 222 valence electrons. The summed E-state index contributed by atoms with van der Waals surface area (Å²) in [6.07, 6.45) is 8.75. The fourth-order valence-corrected chi connectivity index (χ4v) is 6.00. The van der Waals surface area contributed by atoms with Gasteiger partial charge in [-0.2, -0.15) is 4.98 Å². The van der Waals surface area contributed by atoms with Gasteiger partial charge < -0.3 is 31.0 Å². The zero-order valence-electron chi connectivity index (χ0n) is 24.7. The third-order valence-corrected chi connectivity index (χ3v) is 8.47. The van der Waals surface area contributed by atoms with Crippen molar-refractivity contribution in [2.45, 2.75) is 64.5 Å². The molecular weight excluding hydrogens is 542 g/mol. The minimum atomic E-state index is -0.136. The van der Waals surface area contributed by atoms with Crippen LogP contribution in [-0.2, 0) is 12.8 Å². The Morgan fingerprint density at radius 3 is 2.51 bits per heavy atom. The minimum Gasteiger partial charge on any atom is -0.495 e. The average Bonchev–Trinajstić information content (AvgIpc) is 3.45. The number of fused-ring (bicyclic) bond motifs is 3. The second kappa shape index (κ2) is 11.9. The lowest BCUT2D eigenvalue weighted by Gasteiger charge is -2.26. The quantitative estimate of drug-likeness (QED) is 0.242. The second-order valence-corrected chi connectivity index (χ2v) is 11.4. The molecule has 1 saturated carbocycles. The highest BCUT2D eigenvalue weighted by atomic mass is 16.5. The molecule has 1 aliphatic carbocycles. The summed E-state index contributed by atoms with van der Waals surface area (Å²) in [6.45, 7) is 3.98. The molecule has 3 heterocycles. The van der Waals surface area contributed by atoms with E-state index in [1.54, 1.807) is 25.3 Å². The van der Waals surface area contributed by atoms with Crippen molar-refractivity contribution >= 4 is 29.1 Å². The highest BCUT2D eigenvalue weighted by Crippen LogP contribution is 2.31. The van der Waals surface area contributed by atoms with Crippen molar-refractivity contribution in [3.8, 4) is 11.6 Å². The number of nitrogens with zero attached hydrogens (tertiary/aromatic N) is 3. The number of methoxy groups -OCH3 is 1. The normalized spacial score (nSPS) is 17.4. The number of benzene rings is 2. The van der Waals surface area contributed by atoms with Crippen LogP contribution in [0.25, 0.3) is 5.82 Å². The number of nitrogens with two attached hydrogens (primary N) is 1. The molecule has 1 aliphatic heterocycles. The lowest BCUT2D eigenvalue weighted by molar-refractivity contribution is 0.0925. The van der Waals surface area contributed by atoms with Crippen molar-refractivity contribution in [3.05, 3.63) is 88.4 Å². The number of amides is 2. The first-order valence-electron chi connectivity index (χ1n) is 14.8. The molecule has 0 radical (unpaired) electrons. The molecular formula is C33H37N7O3. The third-order valence-electron chi connectivity index (χ3n) is 8.47. The Balaban J connectivity index is 1.20. The molecule has 10 nitrogen and oxygen atoms in total. The van der Waals surface area contributed by atoms with Gasteiger partial charge in [-0.3, -0.25) is 9.59 Å². The van der Waals surface area contributed by atoms with Crippen LogP contribution in [0.3, 0.4) is 0 Å². The monoisotopic (exact) mass is 579 g/mol. The lowest BCUT2D eigenvalue weighted by Crippen LogP contribution is -2.40. The van der Waals surface area contributed by atoms with E-state index >= 15 is 0 Å². The fourth-order valence-electron chi connectivity index (χ4n) is 6.00. The minimum absolute atomic E-state index is 0.132. The first-order valence-corrected chi connectivity index (χ1v) is 14.8. The molecule has 0 bridgehead atoms. The second-order valence-electron chi connectivity index (χ2n) is 11.4. The van der Waals surface area contributed by atoms with Gasteiger partial charge in [0.15, 0.2) is 0 Å². The Bertz CT molecular complexity index is 1670. The van der Waals surface area contributed by atoms with Crippen LogP contribution in [0.4, 0.5) is 17.3 Å². The van der Waals surface area contributed by atoms with Crippen molar-refractivity contribution in [2.75, 3.05) is 17.7 Å². The van der Waals surface area contributed by atoms with Crippen LogP contribution in [0, 0.1) is 13.8 Å². The average molecular weight is 580 g/mol. The highest BCUT2D eigenvalue weighted by molar-refractivity contribution is 6.06. The van der Waals surface area contributed by atoms with E-state index in [-0.39, 0.29) is 23.9 Å². The number of hydrogen-bond acceptors (Lipinski definition) is 7. The Hall–Kier alpha value is -4.70. The van der Waals surface area contributed by atoms with Gasteiger partial charge in [-0.1, -0.05) is 18.2 Å². The maximum absolute atomic E-state index is 13.3. The summed E-state index contributed by atoms with van der Waals surface area (Å²) in [5.74, 6) is 1.35. The van der Waals surface area contributed by atoms with Crippen LogP contribution in [-0.4, -0.2) is 45.5 Å². The summed E-state index contributed by atoms with van der Waals surface area (Å²) in [6, 6.07) is 13.4. The first-order chi connectivity index (χ1) is 20.8. The summed E-state index contributed by atoms with van der Waals surface area (Å²) in [7, 11) is 1.57. The maximum Gasteiger partial charge on any atom is 0.257 e. The number of carbonyl (C=O) groups is 2. The molecule has 0 saturated heterocycles. The van der Waals surface area contributed by atoms with Crippen LogP contribution in [0.5, 0.6) is 5.75 Å². The van der Waals surface area contributed by atoms with Crippen molar-refractivity contribution in [1.82, 2.24) is 19.9 Å². The first kappa shape index (κ1) is 28.4.